The summed E-state index contributed by atoms with van der Waals surface area (Å²) in [6, 6.07) is 13.2. The van der Waals surface area contributed by atoms with E-state index >= 15 is 0 Å². The monoisotopic (exact) mass is 606 g/mol. The molecule has 1 aliphatic rings. The van der Waals surface area contributed by atoms with Crippen LogP contribution in [0.3, 0.4) is 0 Å². The molecule has 0 spiro atoms. The lowest BCUT2D eigenvalue weighted by Crippen LogP contribution is -2.39. The van der Waals surface area contributed by atoms with Crippen LogP contribution in [-0.4, -0.2) is 54.6 Å². The van der Waals surface area contributed by atoms with Gasteiger partial charge >= 0.3 is 0 Å². The number of anilines is 1. The Hall–Kier alpha value is -2.66. The predicted molar refractivity (Wildman–Crippen MR) is 147 cm³/mol. The third-order valence-corrected chi connectivity index (χ3v) is 9.06. The second kappa shape index (κ2) is 11.4. The van der Waals surface area contributed by atoms with E-state index in [0.717, 1.165) is 22.9 Å². The number of carbonyl (C=O) groups is 2. The molecule has 11 heteroatoms. The number of halogens is 2. The van der Waals surface area contributed by atoms with Gasteiger partial charge in [0, 0.05) is 48.6 Å². The number of nitrogens with zero attached hydrogens (tertiary/aromatic N) is 2. The van der Waals surface area contributed by atoms with Crippen molar-refractivity contribution in [2.45, 2.75) is 31.2 Å². The number of H-pyrrole nitrogens is 1. The summed E-state index contributed by atoms with van der Waals surface area (Å²) >= 11 is 9.59. The molecule has 1 fully saturated rings. The average molecular weight is 608 g/mol. The molecule has 2 N–H and O–H groups in total. The Kier molecular flexibility index (Phi) is 8.42. The minimum Gasteiger partial charge on any atom is -0.356 e. The van der Waals surface area contributed by atoms with Crippen LogP contribution >= 0.6 is 27.5 Å². The van der Waals surface area contributed by atoms with Crippen LogP contribution in [0.1, 0.15) is 46.2 Å². The summed E-state index contributed by atoms with van der Waals surface area (Å²) in [6.45, 7) is 3.16. The molecular formula is C26H28BrClN4O4S. The zero-order chi connectivity index (χ0) is 26.7. The van der Waals surface area contributed by atoms with Gasteiger partial charge in [-0.25, -0.2) is 8.42 Å². The number of piperidine rings is 1. The fourth-order valence-electron chi connectivity index (χ4n) is 4.35. The zero-order valence-corrected chi connectivity index (χ0v) is 23.7. The maximum Gasteiger partial charge on any atom is 0.272 e. The number of nitrogens with one attached hydrogen (secondary N) is 2. The van der Waals surface area contributed by atoms with E-state index in [2.05, 4.69) is 26.2 Å². The lowest BCUT2D eigenvalue weighted by molar-refractivity contribution is 0.0784. The van der Waals surface area contributed by atoms with Gasteiger partial charge in [-0.1, -0.05) is 30.7 Å². The largest absolute Gasteiger partial charge is 0.356 e. The summed E-state index contributed by atoms with van der Waals surface area (Å²) in [5.74, 6) is -0.362. The summed E-state index contributed by atoms with van der Waals surface area (Å²) in [6.07, 6.45) is 3.45. The molecule has 2 heterocycles. The SMILES string of the molecule is CC1CCCN(S(=O)(=O)c2cc(C(=O)N(C)Cc3cccc(NC(=O)c4cc(Br)c[nH]4)c3)ccc2Cl)C1. The quantitative estimate of drug-likeness (QED) is 0.377. The first-order valence-electron chi connectivity index (χ1n) is 11.8. The van der Waals surface area contributed by atoms with Crippen LogP contribution in [0, 0.1) is 5.92 Å². The van der Waals surface area contributed by atoms with E-state index in [1.54, 1.807) is 37.5 Å². The highest BCUT2D eigenvalue weighted by Gasteiger charge is 2.31. The Labute approximate surface area is 230 Å². The molecule has 1 atom stereocenters. The third kappa shape index (κ3) is 6.43. The topological polar surface area (TPSA) is 103 Å². The Balaban J connectivity index is 1.48. The molecule has 1 saturated heterocycles. The standard InChI is InChI=1S/C26H28BrClN4O4S/c1-17-5-4-10-32(15-17)37(35,36)24-12-19(8-9-22(24)28)26(34)31(2)16-18-6-3-7-21(11-18)30-25(33)23-13-20(27)14-29-23/h3,6-9,11-14,17,29H,4-5,10,15-16H2,1-2H3,(H,30,33). The molecule has 2 amide bonds. The molecule has 1 aromatic heterocycles. The molecule has 0 saturated carbocycles. The number of aromatic nitrogens is 1. The van der Waals surface area contributed by atoms with Crippen LogP contribution in [0.15, 0.2) is 64.1 Å². The number of hydrogen-bond donors (Lipinski definition) is 2. The molecule has 4 rings (SSSR count). The third-order valence-electron chi connectivity index (χ3n) is 6.26. The molecule has 0 aliphatic carbocycles. The predicted octanol–water partition coefficient (Wildman–Crippen LogP) is 5.38. The Bertz CT molecular complexity index is 1430. The van der Waals surface area contributed by atoms with Crippen molar-refractivity contribution in [3.05, 3.63) is 81.0 Å². The Morgan fingerprint density at radius 1 is 1.22 bits per heavy atom. The lowest BCUT2D eigenvalue weighted by atomic mass is 10.0. The van der Waals surface area contributed by atoms with Crippen molar-refractivity contribution in [3.63, 3.8) is 0 Å². The lowest BCUT2D eigenvalue weighted by Gasteiger charge is -2.30. The second-order valence-electron chi connectivity index (χ2n) is 9.30. The van der Waals surface area contributed by atoms with E-state index < -0.39 is 10.0 Å². The molecular weight excluding hydrogens is 580 g/mol. The van der Waals surface area contributed by atoms with Crippen molar-refractivity contribution in [2.75, 3.05) is 25.5 Å². The van der Waals surface area contributed by atoms with Gasteiger partial charge in [0.15, 0.2) is 0 Å². The van der Waals surface area contributed by atoms with Gasteiger partial charge in [0.1, 0.15) is 10.6 Å². The van der Waals surface area contributed by atoms with E-state index in [4.69, 9.17) is 11.6 Å². The summed E-state index contributed by atoms with van der Waals surface area (Å²) in [4.78, 5) is 30.0. The summed E-state index contributed by atoms with van der Waals surface area (Å²) in [7, 11) is -2.18. The Morgan fingerprint density at radius 3 is 2.70 bits per heavy atom. The van der Waals surface area contributed by atoms with Crippen LogP contribution in [0.4, 0.5) is 5.69 Å². The molecule has 37 heavy (non-hydrogen) atoms. The van der Waals surface area contributed by atoms with Gasteiger partial charge in [-0.3, -0.25) is 9.59 Å². The number of benzene rings is 2. The fourth-order valence-corrected chi connectivity index (χ4v) is 6.79. The van der Waals surface area contributed by atoms with E-state index in [1.165, 1.54) is 27.4 Å². The van der Waals surface area contributed by atoms with Crippen LogP contribution in [0.25, 0.3) is 0 Å². The number of carbonyl (C=O) groups excluding carboxylic acids is 2. The first-order valence-corrected chi connectivity index (χ1v) is 14.4. The van der Waals surface area contributed by atoms with Crippen LogP contribution in [0.2, 0.25) is 5.02 Å². The van der Waals surface area contributed by atoms with Gasteiger partial charge in [0.2, 0.25) is 10.0 Å². The van der Waals surface area contributed by atoms with E-state index in [0.29, 0.717) is 24.5 Å². The van der Waals surface area contributed by atoms with Crippen LogP contribution in [-0.2, 0) is 16.6 Å². The van der Waals surface area contributed by atoms with Gasteiger partial charge in [-0.05, 0) is 76.7 Å². The fraction of sp³-hybridized carbons (Fsp3) is 0.308. The van der Waals surface area contributed by atoms with Crippen molar-refractivity contribution in [1.29, 1.82) is 0 Å². The smallest absolute Gasteiger partial charge is 0.272 e. The molecule has 1 unspecified atom stereocenters. The van der Waals surface area contributed by atoms with E-state index in [1.807, 2.05) is 13.0 Å². The van der Waals surface area contributed by atoms with Crippen molar-refractivity contribution in [3.8, 4) is 0 Å². The molecule has 1 aliphatic heterocycles. The maximum atomic E-state index is 13.3. The molecule has 0 radical (unpaired) electrons. The van der Waals surface area contributed by atoms with Gasteiger partial charge in [-0.15, -0.1) is 0 Å². The van der Waals surface area contributed by atoms with Crippen molar-refractivity contribution < 1.29 is 18.0 Å². The number of sulfonamides is 1. The number of aromatic amines is 1. The van der Waals surface area contributed by atoms with Crippen molar-refractivity contribution in [2.24, 2.45) is 5.92 Å². The van der Waals surface area contributed by atoms with Crippen LogP contribution in [0.5, 0.6) is 0 Å². The van der Waals surface area contributed by atoms with Gasteiger partial charge in [0.05, 0.1) is 5.02 Å². The van der Waals surface area contributed by atoms with Gasteiger partial charge in [-0.2, -0.15) is 4.31 Å². The summed E-state index contributed by atoms with van der Waals surface area (Å²) in [5, 5.41) is 2.92. The highest BCUT2D eigenvalue weighted by molar-refractivity contribution is 9.10. The highest BCUT2D eigenvalue weighted by Crippen LogP contribution is 2.29. The van der Waals surface area contributed by atoms with E-state index in [-0.39, 0.29) is 39.8 Å². The van der Waals surface area contributed by atoms with Gasteiger partial charge in [0.25, 0.3) is 11.8 Å². The van der Waals surface area contributed by atoms with Gasteiger partial charge < -0.3 is 15.2 Å². The average Bonchev–Trinajstić information content (AvgIpc) is 3.30. The second-order valence-corrected chi connectivity index (χ2v) is 12.5. The van der Waals surface area contributed by atoms with Crippen molar-refractivity contribution >= 4 is 55.1 Å². The maximum absolute atomic E-state index is 13.3. The summed E-state index contributed by atoms with van der Waals surface area (Å²) in [5.41, 5.74) is 2.03. The minimum absolute atomic E-state index is 0.0526. The summed E-state index contributed by atoms with van der Waals surface area (Å²) < 4.78 is 28.8. The Morgan fingerprint density at radius 2 is 2.00 bits per heavy atom. The molecule has 0 bridgehead atoms. The highest BCUT2D eigenvalue weighted by atomic mass is 79.9. The first kappa shape index (κ1) is 27.4. The van der Waals surface area contributed by atoms with E-state index in [9.17, 15) is 18.0 Å². The minimum atomic E-state index is -3.82. The molecule has 196 valence electrons. The van der Waals surface area contributed by atoms with Crippen LogP contribution < -0.4 is 5.32 Å². The zero-order valence-electron chi connectivity index (χ0n) is 20.5. The first-order chi connectivity index (χ1) is 17.5. The number of rotatable bonds is 7. The molecule has 2 aromatic carbocycles. The molecule has 8 nitrogen and oxygen atoms in total. The number of hydrogen-bond acceptors (Lipinski definition) is 4. The van der Waals surface area contributed by atoms with Crippen molar-refractivity contribution in [1.82, 2.24) is 14.2 Å². The normalized spacial score (nSPS) is 16.4. The molecule has 3 aromatic rings. The number of amides is 2.